The van der Waals surface area contributed by atoms with Gasteiger partial charge in [0.2, 0.25) is 0 Å². The number of nitrogens with zero attached hydrogens (tertiary/aromatic N) is 9. The highest BCUT2D eigenvalue weighted by atomic mass is 79.9. The minimum absolute atomic E-state index is 0.133. The second kappa shape index (κ2) is 23.2. The number of hydrogen-bond acceptors (Lipinski definition) is 9. The summed E-state index contributed by atoms with van der Waals surface area (Å²) in [6.07, 6.45) is 5.67. The maximum Gasteiger partial charge on any atom is 0.322 e. The van der Waals surface area contributed by atoms with E-state index >= 15 is 0 Å². The highest BCUT2D eigenvalue weighted by Gasteiger charge is 2.29. The summed E-state index contributed by atoms with van der Waals surface area (Å²) in [7, 11) is 2.88. The number of amides is 6. The molecule has 11 rings (SSSR count). The quantitative estimate of drug-likeness (QED) is 0.0817. The van der Waals surface area contributed by atoms with Crippen molar-refractivity contribution in [3.05, 3.63) is 151 Å². The molecule has 8 aromatic rings. The minimum Gasteiger partial charge on any atom is -0.400 e. The molecule has 3 aliphatic heterocycles. The van der Waals surface area contributed by atoms with Crippen LogP contribution in [-0.4, -0.2) is 115 Å². The maximum atomic E-state index is 12.6. The number of rotatable bonds is 5. The molecule has 3 aliphatic rings. The van der Waals surface area contributed by atoms with Crippen molar-refractivity contribution in [3.8, 4) is 22.8 Å². The van der Waals surface area contributed by atoms with Crippen LogP contribution in [-0.2, 0) is 45.9 Å². The van der Waals surface area contributed by atoms with Crippen molar-refractivity contribution >= 4 is 85.9 Å². The zero-order chi connectivity index (χ0) is 50.0. The molecule has 8 heterocycles. The molecule has 0 bridgehead atoms. The van der Waals surface area contributed by atoms with Crippen LogP contribution in [0, 0.1) is 0 Å². The van der Waals surface area contributed by atoms with E-state index in [1.807, 2.05) is 43.4 Å². The number of aryl methyl sites for hydroxylation is 1. The molecular weight excluding hydrogens is 1040 g/mol. The van der Waals surface area contributed by atoms with Gasteiger partial charge in [0.1, 0.15) is 16.0 Å². The van der Waals surface area contributed by atoms with Crippen molar-refractivity contribution in [2.24, 2.45) is 7.05 Å². The Balaban J connectivity index is 0.000000141. The molecule has 0 radical (unpaired) electrons. The fourth-order valence-electron chi connectivity index (χ4n) is 8.11. The summed E-state index contributed by atoms with van der Waals surface area (Å²) in [6, 6.07) is 24.7. The monoisotopic (exact) mass is 1080 g/mol. The summed E-state index contributed by atoms with van der Waals surface area (Å²) in [4.78, 5) is 42.7. The third-order valence-electron chi connectivity index (χ3n) is 11.7. The molecule has 24 heteroatoms. The van der Waals surface area contributed by atoms with Gasteiger partial charge in [-0.1, -0.05) is 53.0 Å². The molecule has 0 unspecified atom stereocenters. The Labute approximate surface area is 430 Å². The topological polar surface area (TPSA) is 250 Å². The Hall–Kier alpha value is -7.17. The fourth-order valence-corrected chi connectivity index (χ4v) is 9.13. The number of hydrogen-bond donors (Lipinski definition) is 8. The van der Waals surface area contributed by atoms with Gasteiger partial charge in [-0.15, -0.1) is 0 Å². The number of aromatic nitrogens is 10. The molecule has 20 nitrogen and oxygen atoms in total. The first-order valence-corrected chi connectivity index (χ1v) is 24.1. The van der Waals surface area contributed by atoms with E-state index in [0.29, 0.717) is 71.4 Å². The Morgan fingerprint density at radius 2 is 1.01 bits per heavy atom. The van der Waals surface area contributed by atoms with E-state index < -0.39 is 0 Å². The molecule has 0 aliphatic carbocycles. The zero-order valence-corrected chi connectivity index (χ0v) is 42.2. The van der Waals surface area contributed by atoms with Crippen molar-refractivity contribution in [3.63, 3.8) is 0 Å². The van der Waals surface area contributed by atoms with E-state index in [-0.39, 0.29) is 18.1 Å². The minimum atomic E-state index is -0.153. The first-order valence-electron chi connectivity index (χ1n) is 22.2. The summed E-state index contributed by atoms with van der Waals surface area (Å²) >= 11 is 21.2. The lowest BCUT2D eigenvalue weighted by atomic mass is 10.0. The average molecular weight is 1090 g/mol. The van der Waals surface area contributed by atoms with Crippen LogP contribution < -0.4 is 16.0 Å². The van der Waals surface area contributed by atoms with Gasteiger partial charge in [0, 0.05) is 131 Å². The van der Waals surface area contributed by atoms with Crippen LogP contribution in [0.3, 0.4) is 0 Å². The lowest BCUT2D eigenvalue weighted by molar-refractivity contribution is 0.205. The van der Waals surface area contributed by atoms with Gasteiger partial charge in [-0.05, 0) is 82.7 Å². The van der Waals surface area contributed by atoms with Crippen molar-refractivity contribution < 1.29 is 19.5 Å². The molecular formula is C47H48BrCl3N16O4. The Morgan fingerprint density at radius 1 is 0.577 bits per heavy atom. The van der Waals surface area contributed by atoms with Crippen LogP contribution >= 0.6 is 50.7 Å². The van der Waals surface area contributed by atoms with Crippen LogP contribution in [0.2, 0.25) is 15.1 Å². The molecule has 0 saturated carbocycles. The predicted octanol–water partition coefficient (Wildman–Crippen LogP) is 9.12. The van der Waals surface area contributed by atoms with Gasteiger partial charge in [0.15, 0.2) is 0 Å². The summed E-state index contributed by atoms with van der Waals surface area (Å²) in [5.74, 6) is 0. The molecule has 71 heavy (non-hydrogen) atoms. The van der Waals surface area contributed by atoms with Gasteiger partial charge < -0.3 is 35.8 Å². The van der Waals surface area contributed by atoms with Crippen LogP contribution in [0.5, 0.6) is 0 Å². The number of carbonyl (C=O) groups excluding carboxylic acids is 3. The van der Waals surface area contributed by atoms with Gasteiger partial charge in [-0.25, -0.2) is 14.4 Å². The van der Waals surface area contributed by atoms with Crippen molar-refractivity contribution in [1.29, 1.82) is 0 Å². The Morgan fingerprint density at radius 3 is 1.45 bits per heavy atom. The molecule has 8 N–H and O–H groups in total. The number of H-pyrrole nitrogens is 4. The number of nitrogens with one attached hydrogen (secondary N) is 7. The first kappa shape index (κ1) is 50.2. The van der Waals surface area contributed by atoms with E-state index in [9.17, 15) is 14.4 Å². The largest absolute Gasteiger partial charge is 0.400 e. The number of fused-ring (bicyclic) bond motifs is 3. The summed E-state index contributed by atoms with van der Waals surface area (Å²) in [5.41, 5.74) is 11.8. The number of anilines is 3. The number of halogens is 4. The molecule has 6 amide bonds. The summed E-state index contributed by atoms with van der Waals surface area (Å²) in [6.45, 7) is 3.45. The molecule has 3 aromatic carbocycles. The second-order valence-electron chi connectivity index (χ2n) is 16.2. The van der Waals surface area contributed by atoms with Crippen LogP contribution in [0.1, 0.15) is 33.8 Å². The number of urea groups is 3. The van der Waals surface area contributed by atoms with Crippen LogP contribution in [0.15, 0.2) is 102 Å². The van der Waals surface area contributed by atoms with Crippen molar-refractivity contribution in [2.45, 2.75) is 38.9 Å². The van der Waals surface area contributed by atoms with E-state index in [1.54, 1.807) is 80.3 Å². The van der Waals surface area contributed by atoms with Gasteiger partial charge in [-0.3, -0.25) is 25.1 Å². The highest BCUT2D eigenvalue weighted by Crippen LogP contribution is 2.30. The highest BCUT2D eigenvalue weighted by molar-refractivity contribution is 9.10. The molecule has 0 saturated heterocycles. The Bertz CT molecular complexity index is 3120. The van der Waals surface area contributed by atoms with E-state index in [1.165, 1.54) is 0 Å². The molecule has 0 spiro atoms. The number of carbonyl (C=O) groups is 3. The molecule has 0 fully saturated rings. The first-order chi connectivity index (χ1) is 34.4. The lowest BCUT2D eigenvalue weighted by Gasteiger charge is -2.27. The zero-order valence-electron chi connectivity index (χ0n) is 38.3. The summed E-state index contributed by atoms with van der Waals surface area (Å²) < 4.78 is 2.55. The standard InChI is InChI=1S/C17H17ClN6O.C16H15ClN6O.C13H12BrClN4O.CH4O/c1-23-15(5-7-19-23)16-13-10-24(8-6-14(13)21-22-16)17(25)20-12-4-2-3-11(18)9-12;17-10-2-1-3-11(8-10)19-16(24)23-7-5-13-12(9-23)15(22-21-13)14-4-6-18-20-14;14-12-10-7-19(5-4-11(10)17-18-12)13(20)16-9-3-1-2-8(15)6-9;1-2/h2-5,7,9H,6,8,10H2,1H3,(H,20,25)(H,21,22);1-4,6,8H,5,7,9H2,(H,18,20)(H,19,24)(H,21,22);1-3,6H,4-5,7H2,(H,16,20)(H,17,18);2H,1H3. The molecule has 0 atom stereocenters. The SMILES string of the molecule is CO.Cn1nccc1-c1n[nH]c2c1CN(C(=O)Nc1cccc(Cl)c1)CC2.O=C(Nc1cccc(Cl)c1)N1CCc2[nH]nc(-c3ccn[nH]3)c2C1.O=C(Nc1cccc(Cl)c1)N1CCc2[nH]nc(Br)c2C1. The fraction of sp³-hybridized carbons (Fsp3) is 0.234. The molecule has 5 aromatic heterocycles. The number of aliphatic hydroxyl groups excluding tert-OH is 1. The maximum absolute atomic E-state index is 12.6. The van der Waals surface area contributed by atoms with E-state index in [2.05, 4.69) is 77.8 Å². The van der Waals surface area contributed by atoms with Crippen LogP contribution in [0.4, 0.5) is 31.4 Å². The number of aromatic amines is 4. The third-order valence-corrected chi connectivity index (χ3v) is 13.0. The lowest BCUT2D eigenvalue weighted by Crippen LogP contribution is -2.38. The third kappa shape index (κ3) is 12.2. The average Bonchev–Trinajstić information content (AvgIpc) is 4.24. The smallest absolute Gasteiger partial charge is 0.322 e. The van der Waals surface area contributed by atoms with Gasteiger partial charge >= 0.3 is 18.1 Å². The van der Waals surface area contributed by atoms with Gasteiger partial charge in [-0.2, -0.15) is 25.5 Å². The van der Waals surface area contributed by atoms with Gasteiger partial charge in [0.05, 0.1) is 31.0 Å². The summed E-state index contributed by atoms with van der Waals surface area (Å²) in [5, 5.41) is 50.5. The predicted molar refractivity (Wildman–Crippen MR) is 275 cm³/mol. The number of benzene rings is 3. The van der Waals surface area contributed by atoms with E-state index in [0.717, 1.165) is 87.5 Å². The van der Waals surface area contributed by atoms with E-state index in [4.69, 9.17) is 39.9 Å². The van der Waals surface area contributed by atoms with Crippen molar-refractivity contribution in [1.82, 2.24) is 65.3 Å². The van der Waals surface area contributed by atoms with Crippen molar-refractivity contribution in [2.75, 3.05) is 42.7 Å². The van der Waals surface area contributed by atoms with Gasteiger partial charge in [0.25, 0.3) is 0 Å². The normalized spacial score (nSPS) is 13.4. The van der Waals surface area contributed by atoms with Crippen LogP contribution in [0.25, 0.3) is 22.8 Å². The Kier molecular flexibility index (Phi) is 16.4. The second-order valence-corrected chi connectivity index (χ2v) is 18.2. The molecule has 368 valence electrons. The number of aliphatic hydroxyl groups is 1.